The van der Waals surface area contributed by atoms with Gasteiger partial charge < -0.3 is 5.32 Å². The Kier molecular flexibility index (Phi) is 3.04. The van der Waals surface area contributed by atoms with E-state index < -0.39 is 17.5 Å². The van der Waals surface area contributed by atoms with Gasteiger partial charge in [-0.1, -0.05) is 0 Å². The second-order valence-electron chi connectivity index (χ2n) is 6.14. The van der Waals surface area contributed by atoms with E-state index in [4.69, 9.17) is 0 Å². The van der Waals surface area contributed by atoms with Crippen LogP contribution >= 0.6 is 0 Å². The van der Waals surface area contributed by atoms with Crippen LogP contribution in [0.5, 0.6) is 0 Å². The molecule has 1 N–H and O–H groups in total. The summed E-state index contributed by atoms with van der Waals surface area (Å²) in [7, 11) is 1.76. The number of nitrogens with one attached hydrogen (secondary N) is 1. The van der Waals surface area contributed by atoms with E-state index in [1.807, 2.05) is 0 Å². The van der Waals surface area contributed by atoms with Gasteiger partial charge in [0.05, 0.1) is 17.4 Å². The molecule has 2 atom stereocenters. The van der Waals surface area contributed by atoms with E-state index in [-0.39, 0.29) is 6.04 Å². The molecule has 2 bridgehead atoms. The van der Waals surface area contributed by atoms with Crippen molar-refractivity contribution in [3.8, 4) is 11.3 Å². The minimum Gasteiger partial charge on any atom is -0.305 e. The van der Waals surface area contributed by atoms with Crippen LogP contribution in [-0.2, 0) is 13.5 Å². The predicted molar refractivity (Wildman–Crippen MR) is 75.7 cm³/mol. The molecule has 2 aliphatic rings. The van der Waals surface area contributed by atoms with Gasteiger partial charge in [-0.05, 0) is 37.8 Å². The Morgan fingerprint density at radius 1 is 1.18 bits per heavy atom. The number of nitrogens with zero attached hydrogens (tertiary/aromatic N) is 2. The Morgan fingerprint density at radius 3 is 2.64 bits per heavy atom. The van der Waals surface area contributed by atoms with Gasteiger partial charge in [-0.2, -0.15) is 5.10 Å². The number of fused-ring (bicyclic) bond motifs is 4. The Labute approximate surface area is 126 Å². The molecule has 116 valence electrons. The molecule has 0 aliphatic carbocycles. The number of aryl methyl sites for hydroxylation is 1. The molecule has 1 aromatic heterocycles. The number of hydrogen-bond donors (Lipinski definition) is 1. The lowest BCUT2D eigenvalue weighted by molar-refractivity contribution is 0.297. The number of rotatable bonds is 1. The van der Waals surface area contributed by atoms with Crippen molar-refractivity contribution in [1.82, 2.24) is 15.1 Å². The first-order valence-corrected chi connectivity index (χ1v) is 7.51. The molecule has 1 saturated heterocycles. The summed E-state index contributed by atoms with van der Waals surface area (Å²) in [4.78, 5) is 0. The molecule has 0 radical (unpaired) electrons. The normalized spacial score (nSPS) is 23.5. The van der Waals surface area contributed by atoms with Crippen molar-refractivity contribution in [2.75, 3.05) is 0 Å². The van der Waals surface area contributed by atoms with Gasteiger partial charge in [-0.15, -0.1) is 0 Å². The molecule has 22 heavy (non-hydrogen) atoms. The van der Waals surface area contributed by atoms with Gasteiger partial charge in [-0.3, -0.25) is 4.68 Å². The van der Waals surface area contributed by atoms with Crippen LogP contribution in [0.4, 0.5) is 13.2 Å². The van der Waals surface area contributed by atoms with Crippen LogP contribution in [0.3, 0.4) is 0 Å². The first-order valence-electron chi connectivity index (χ1n) is 7.51. The Balaban J connectivity index is 1.89. The molecule has 0 saturated carbocycles. The minimum absolute atomic E-state index is 0.206. The standard InChI is InChI=1S/C16H16F3N3/c1-22-16(8-5-11(17)14(19)12(18)6-8)10-7-9-3-2-4-13(20-9)15(10)21-22/h5-6,9,13,20H,2-4,7H2,1H3/t9-,13+/m0/s1. The molecule has 1 aromatic carbocycles. The first-order chi connectivity index (χ1) is 10.5. The summed E-state index contributed by atoms with van der Waals surface area (Å²) < 4.78 is 42.0. The zero-order valence-electron chi connectivity index (χ0n) is 12.2. The van der Waals surface area contributed by atoms with Crippen molar-refractivity contribution in [3.63, 3.8) is 0 Å². The third-order valence-electron chi connectivity index (χ3n) is 4.70. The maximum absolute atomic E-state index is 13.6. The number of hydrogen-bond acceptors (Lipinski definition) is 2. The topological polar surface area (TPSA) is 29.9 Å². The Hall–Kier alpha value is -1.82. The van der Waals surface area contributed by atoms with Gasteiger partial charge in [0, 0.05) is 24.2 Å². The molecule has 3 heterocycles. The fourth-order valence-electron chi connectivity index (χ4n) is 3.77. The summed E-state index contributed by atoms with van der Waals surface area (Å²) in [6.07, 6.45) is 4.06. The van der Waals surface area contributed by atoms with Gasteiger partial charge in [0.2, 0.25) is 0 Å². The van der Waals surface area contributed by atoms with Crippen molar-refractivity contribution < 1.29 is 13.2 Å². The lowest BCUT2D eigenvalue weighted by atomic mass is 9.84. The van der Waals surface area contributed by atoms with Crippen LogP contribution in [0.2, 0.25) is 0 Å². The lowest BCUT2D eigenvalue weighted by Gasteiger charge is -2.35. The molecule has 4 rings (SSSR count). The molecule has 0 unspecified atom stereocenters. The third-order valence-corrected chi connectivity index (χ3v) is 4.70. The van der Waals surface area contributed by atoms with Gasteiger partial charge >= 0.3 is 0 Å². The minimum atomic E-state index is -1.43. The van der Waals surface area contributed by atoms with E-state index in [9.17, 15) is 13.2 Å². The highest BCUT2D eigenvalue weighted by molar-refractivity contribution is 5.66. The summed E-state index contributed by atoms with van der Waals surface area (Å²) in [6.45, 7) is 0. The van der Waals surface area contributed by atoms with E-state index in [2.05, 4.69) is 10.4 Å². The maximum atomic E-state index is 13.6. The molecule has 1 fully saturated rings. The van der Waals surface area contributed by atoms with E-state index in [0.717, 1.165) is 49.1 Å². The molecule has 2 aliphatic heterocycles. The Bertz CT molecular complexity index is 730. The largest absolute Gasteiger partial charge is 0.305 e. The maximum Gasteiger partial charge on any atom is 0.194 e. The number of piperidine rings is 1. The molecule has 3 nitrogen and oxygen atoms in total. The van der Waals surface area contributed by atoms with Crippen LogP contribution in [0.1, 0.15) is 36.6 Å². The summed E-state index contributed by atoms with van der Waals surface area (Å²) >= 11 is 0. The van der Waals surface area contributed by atoms with Crippen LogP contribution in [0, 0.1) is 17.5 Å². The number of aromatic nitrogens is 2. The summed E-state index contributed by atoms with van der Waals surface area (Å²) in [5.74, 6) is -3.77. The second kappa shape index (κ2) is 4.84. The van der Waals surface area contributed by atoms with Crippen molar-refractivity contribution in [3.05, 3.63) is 40.8 Å². The Morgan fingerprint density at radius 2 is 1.91 bits per heavy atom. The molecule has 0 amide bonds. The van der Waals surface area contributed by atoms with E-state index in [1.54, 1.807) is 11.7 Å². The van der Waals surface area contributed by atoms with Crippen LogP contribution in [0.25, 0.3) is 11.3 Å². The first kappa shape index (κ1) is 13.8. The summed E-state index contributed by atoms with van der Waals surface area (Å²) in [6, 6.07) is 2.68. The van der Waals surface area contributed by atoms with E-state index in [1.165, 1.54) is 0 Å². The van der Waals surface area contributed by atoms with Crippen molar-refractivity contribution in [1.29, 1.82) is 0 Å². The summed E-state index contributed by atoms with van der Waals surface area (Å²) in [5.41, 5.74) is 3.01. The van der Waals surface area contributed by atoms with E-state index in [0.29, 0.717) is 17.3 Å². The second-order valence-corrected chi connectivity index (χ2v) is 6.14. The molecule has 6 heteroatoms. The molecule has 2 aromatic rings. The number of halogens is 3. The van der Waals surface area contributed by atoms with E-state index >= 15 is 0 Å². The smallest absolute Gasteiger partial charge is 0.194 e. The summed E-state index contributed by atoms with van der Waals surface area (Å²) in [5, 5.41) is 8.09. The van der Waals surface area contributed by atoms with Gasteiger partial charge in [-0.25, -0.2) is 13.2 Å². The van der Waals surface area contributed by atoms with Crippen LogP contribution < -0.4 is 5.32 Å². The van der Waals surface area contributed by atoms with Gasteiger partial charge in [0.25, 0.3) is 0 Å². The molecular weight excluding hydrogens is 291 g/mol. The molecular formula is C16H16F3N3. The number of benzene rings is 1. The molecule has 0 spiro atoms. The van der Waals surface area contributed by atoms with Gasteiger partial charge in [0.1, 0.15) is 0 Å². The average Bonchev–Trinajstić information content (AvgIpc) is 2.81. The van der Waals surface area contributed by atoms with Crippen LogP contribution in [0.15, 0.2) is 12.1 Å². The third kappa shape index (κ3) is 1.97. The SMILES string of the molecule is Cn1nc2c(c1-c1cc(F)c(F)c(F)c1)C[C@@H]1CCC[C@H]2N1. The highest BCUT2D eigenvalue weighted by Gasteiger charge is 2.34. The monoisotopic (exact) mass is 307 g/mol. The van der Waals surface area contributed by atoms with Crippen molar-refractivity contribution >= 4 is 0 Å². The fourth-order valence-corrected chi connectivity index (χ4v) is 3.77. The predicted octanol–water partition coefficient (Wildman–Crippen LogP) is 3.24. The zero-order valence-corrected chi connectivity index (χ0v) is 12.2. The van der Waals surface area contributed by atoms with Gasteiger partial charge in [0.15, 0.2) is 17.5 Å². The average molecular weight is 307 g/mol. The zero-order chi connectivity index (χ0) is 15.4. The fraction of sp³-hybridized carbons (Fsp3) is 0.438. The highest BCUT2D eigenvalue weighted by atomic mass is 19.2. The van der Waals surface area contributed by atoms with Crippen LogP contribution in [-0.4, -0.2) is 15.8 Å². The quantitative estimate of drug-likeness (QED) is 0.820. The van der Waals surface area contributed by atoms with Crippen molar-refractivity contribution in [2.24, 2.45) is 7.05 Å². The van der Waals surface area contributed by atoms with Crippen molar-refractivity contribution in [2.45, 2.75) is 37.8 Å². The highest BCUT2D eigenvalue weighted by Crippen LogP contribution is 2.39. The lowest BCUT2D eigenvalue weighted by Crippen LogP contribution is -2.42.